The van der Waals surface area contributed by atoms with E-state index >= 15 is 0 Å². The maximum Gasteiger partial charge on any atom is 0.122 e. The Morgan fingerprint density at radius 3 is 2.14 bits per heavy atom. The highest BCUT2D eigenvalue weighted by Crippen LogP contribution is 2.37. The minimum Gasteiger partial charge on any atom is -0.496 e. The predicted octanol–water partition coefficient (Wildman–Crippen LogP) is 5.35. The third kappa shape index (κ3) is 3.54. The molecule has 1 unspecified atom stereocenters. The SMILES string of the molecule is COc1ccc2[nH]cc3c2c1CC(N(Cc1ccccc1)Cc1ccccc1)C3. The van der Waals surface area contributed by atoms with E-state index in [-0.39, 0.29) is 0 Å². The molecule has 4 aromatic rings. The lowest BCUT2D eigenvalue weighted by atomic mass is 9.87. The molecule has 5 rings (SSSR count). The van der Waals surface area contributed by atoms with Gasteiger partial charge in [0.05, 0.1) is 7.11 Å². The molecule has 3 nitrogen and oxygen atoms in total. The number of H-pyrrole nitrogens is 1. The van der Waals surface area contributed by atoms with Gasteiger partial charge in [-0.2, -0.15) is 0 Å². The largest absolute Gasteiger partial charge is 0.496 e. The van der Waals surface area contributed by atoms with Gasteiger partial charge in [-0.15, -0.1) is 0 Å². The third-order valence-electron chi connectivity index (χ3n) is 6.08. The molecular weight excluding hydrogens is 356 g/mol. The van der Waals surface area contributed by atoms with Crippen molar-refractivity contribution in [3.63, 3.8) is 0 Å². The van der Waals surface area contributed by atoms with Crippen LogP contribution in [0.4, 0.5) is 0 Å². The number of aromatic nitrogens is 1. The zero-order valence-corrected chi connectivity index (χ0v) is 16.8. The Morgan fingerprint density at radius 2 is 1.52 bits per heavy atom. The van der Waals surface area contributed by atoms with Crippen molar-refractivity contribution >= 4 is 10.9 Å². The first kappa shape index (κ1) is 18.0. The zero-order valence-electron chi connectivity index (χ0n) is 16.8. The fraction of sp³-hybridized carbons (Fsp3) is 0.231. The molecule has 1 heterocycles. The molecule has 0 bridgehead atoms. The quantitative estimate of drug-likeness (QED) is 0.487. The van der Waals surface area contributed by atoms with Crippen LogP contribution in [-0.2, 0) is 25.9 Å². The maximum atomic E-state index is 5.73. The first-order valence-electron chi connectivity index (χ1n) is 10.3. The fourth-order valence-electron chi connectivity index (χ4n) is 4.68. The van der Waals surface area contributed by atoms with Crippen molar-refractivity contribution in [2.45, 2.75) is 32.0 Å². The summed E-state index contributed by atoms with van der Waals surface area (Å²) in [6.07, 6.45) is 4.24. The summed E-state index contributed by atoms with van der Waals surface area (Å²) in [4.78, 5) is 6.08. The van der Waals surface area contributed by atoms with E-state index in [0.29, 0.717) is 6.04 Å². The van der Waals surface area contributed by atoms with Gasteiger partial charge in [-0.3, -0.25) is 4.90 Å². The van der Waals surface area contributed by atoms with Crippen LogP contribution in [0.1, 0.15) is 22.3 Å². The average molecular weight is 383 g/mol. The monoisotopic (exact) mass is 382 g/mol. The topological polar surface area (TPSA) is 28.3 Å². The molecule has 0 spiro atoms. The standard InChI is InChI=1S/C26H26N2O/c1-29-25-13-12-24-26-21(16-27-24)14-22(15-23(25)26)28(17-19-8-4-2-5-9-19)18-20-10-6-3-7-11-20/h2-13,16,22,27H,14-15,17-18H2,1H3. The van der Waals surface area contributed by atoms with Crippen LogP contribution in [0.2, 0.25) is 0 Å². The summed E-state index contributed by atoms with van der Waals surface area (Å²) in [5.41, 5.74) is 6.66. The summed E-state index contributed by atoms with van der Waals surface area (Å²) in [5.74, 6) is 1.00. The average Bonchev–Trinajstić information content (AvgIpc) is 3.19. The van der Waals surface area contributed by atoms with Gasteiger partial charge < -0.3 is 9.72 Å². The van der Waals surface area contributed by atoms with Crippen molar-refractivity contribution in [1.29, 1.82) is 0 Å². The molecule has 1 atom stereocenters. The number of benzene rings is 3. The second-order valence-electron chi connectivity index (χ2n) is 7.92. The van der Waals surface area contributed by atoms with Crippen molar-refractivity contribution in [3.05, 3.63) is 101 Å². The minimum absolute atomic E-state index is 0.429. The van der Waals surface area contributed by atoms with Crippen LogP contribution in [0, 0.1) is 0 Å². The number of aromatic amines is 1. The zero-order chi connectivity index (χ0) is 19.6. The van der Waals surface area contributed by atoms with Crippen LogP contribution in [-0.4, -0.2) is 23.0 Å². The highest BCUT2D eigenvalue weighted by Gasteiger charge is 2.28. The van der Waals surface area contributed by atoms with Gasteiger partial charge in [-0.05, 0) is 41.7 Å². The number of hydrogen-bond donors (Lipinski definition) is 1. The molecular formula is C26H26N2O. The summed E-state index contributed by atoms with van der Waals surface area (Å²) in [7, 11) is 1.78. The highest BCUT2D eigenvalue weighted by atomic mass is 16.5. The maximum absolute atomic E-state index is 5.73. The van der Waals surface area contributed by atoms with Crippen molar-refractivity contribution in [2.75, 3.05) is 7.11 Å². The minimum atomic E-state index is 0.429. The molecule has 1 aliphatic carbocycles. The smallest absolute Gasteiger partial charge is 0.122 e. The van der Waals surface area contributed by atoms with Gasteiger partial charge >= 0.3 is 0 Å². The van der Waals surface area contributed by atoms with E-state index in [0.717, 1.165) is 31.7 Å². The fourth-order valence-corrected chi connectivity index (χ4v) is 4.68. The molecule has 0 fully saturated rings. The van der Waals surface area contributed by atoms with E-state index in [1.807, 2.05) is 0 Å². The van der Waals surface area contributed by atoms with E-state index < -0.39 is 0 Å². The third-order valence-corrected chi connectivity index (χ3v) is 6.08. The molecule has 0 radical (unpaired) electrons. The lowest BCUT2D eigenvalue weighted by molar-refractivity contribution is 0.172. The van der Waals surface area contributed by atoms with Gasteiger partial charge in [-0.1, -0.05) is 60.7 Å². The molecule has 3 aromatic carbocycles. The van der Waals surface area contributed by atoms with Crippen LogP contribution in [0.5, 0.6) is 5.75 Å². The molecule has 3 heteroatoms. The first-order valence-corrected chi connectivity index (χ1v) is 10.3. The van der Waals surface area contributed by atoms with E-state index in [4.69, 9.17) is 4.74 Å². The Balaban J connectivity index is 1.50. The molecule has 0 amide bonds. The summed E-state index contributed by atoms with van der Waals surface area (Å²) in [6.45, 7) is 1.89. The lowest BCUT2D eigenvalue weighted by Crippen LogP contribution is -2.39. The Bertz CT molecular complexity index is 1060. The number of nitrogens with zero attached hydrogens (tertiary/aromatic N) is 1. The van der Waals surface area contributed by atoms with Gasteiger partial charge in [0.25, 0.3) is 0 Å². The summed E-state index contributed by atoms with van der Waals surface area (Å²) < 4.78 is 5.73. The van der Waals surface area contributed by atoms with E-state index in [1.54, 1.807) is 7.11 Å². The van der Waals surface area contributed by atoms with Crippen LogP contribution in [0.15, 0.2) is 79.0 Å². The molecule has 0 saturated carbocycles. The van der Waals surface area contributed by atoms with Crippen molar-refractivity contribution in [3.8, 4) is 5.75 Å². The van der Waals surface area contributed by atoms with Crippen LogP contribution in [0.25, 0.3) is 10.9 Å². The van der Waals surface area contributed by atoms with E-state index in [2.05, 4.69) is 88.9 Å². The number of ether oxygens (including phenoxy) is 1. The van der Waals surface area contributed by atoms with E-state index in [9.17, 15) is 0 Å². The summed E-state index contributed by atoms with van der Waals surface area (Å²) >= 11 is 0. The molecule has 1 aliphatic rings. The van der Waals surface area contributed by atoms with Gasteiger partial charge in [-0.25, -0.2) is 0 Å². The second-order valence-corrected chi connectivity index (χ2v) is 7.92. The number of rotatable bonds is 6. The highest BCUT2D eigenvalue weighted by molar-refractivity contribution is 5.89. The van der Waals surface area contributed by atoms with E-state index in [1.165, 1.54) is 33.2 Å². The summed E-state index contributed by atoms with van der Waals surface area (Å²) in [5, 5.41) is 1.36. The lowest BCUT2D eigenvalue weighted by Gasteiger charge is -2.35. The number of methoxy groups -OCH3 is 1. The van der Waals surface area contributed by atoms with Crippen LogP contribution < -0.4 is 4.74 Å². The van der Waals surface area contributed by atoms with Gasteiger partial charge in [0.15, 0.2) is 0 Å². The van der Waals surface area contributed by atoms with Gasteiger partial charge in [0.2, 0.25) is 0 Å². The Morgan fingerprint density at radius 1 is 0.862 bits per heavy atom. The molecule has 1 N–H and O–H groups in total. The Labute approximate surface area is 171 Å². The number of nitrogens with one attached hydrogen (secondary N) is 1. The molecule has 146 valence electrons. The summed E-state index contributed by atoms with van der Waals surface area (Å²) in [6, 6.07) is 26.3. The van der Waals surface area contributed by atoms with Crippen LogP contribution >= 0.6 is 0 Å². The predicted molar refractivity (Wildman–Crippen MR) is 118 cm³/mol. The van der Waals surface area contributed by atoms with Crippen molar-refractivity contribution in [1.82, 2.24) is 9.88 Å². The molecule has 0 aliphatic heterocycles. The number of hydrogen-bond acceptors (Lipinski definition) is 2. The van der Waals surface area contributed by atoms with Crippen molar-refractivity contribution < 1.29 is 4.74 Å². The Hall–Kier alpha value is -3.04. The normalized spacial score (nSPS) is 15.7. The first-order chi connectivity index (χ1) is 14.3. The second kappa shape index (κ2) is 7.76. The van der Waals surface area contributed by atoms with Gasteiger partial charge in [0.1, 0.15) is 5.75 Å². The van der Waals surface area contributed by atoms with Crippen molar-refractivity contribution in [2.24, 2.45) is 0 Å². The molecule has 29 heavy (non-hydrogen) atoms. The molecule has 1 aromatic heterocycles. The van der Waals surface area contributed by atoms with Crippen LogP contribution in [0.3, 0.4) is 0 Å². The van der Waals surface area contributed by atoms with Gasteiger partial charge in [0, 0.05) is 41.8 Å². The molecule has 0 saturated heterocycles. The Kier molecular flexibility index (Phi) is 4.82.